The average Bonchev–Trinajstić information content (AvgIpc) is 2.38. The molecule has 0 aromatic heterocycles. The minimum Gasteiger partial charge on any atom is -0.481 e. The summed E-state index contributed by atoms with van der Waals surface area (Å²) in [6.07, 6.45) is 0.462. The van der Waals surface area contributed by atoms with Crippen molar-refractivity contribution in [3.8, 4) is 5.75 Å². The first-order valence-electron chi connectivity index (χ1n) is 7.20. The molecule has 0 radical (unpaired) electrons. The van der Waals surface area contributed by atoms with Crippen molar-refractivity contribution in [2.75, 3.05) is 6.54 Å². The monoisotopic (exact) mass is 278 g/mol. The topological polar surface area (TPSA) is 64.3 Å². The Morgan fingerprint density at radius 1 is 1.30 bits per heavy atom. The van der Waals surface area contributed by atoms with E-state index in [9.17, 15) is 4.79 Å². The predicted molar refractivity (Wildman–Crippen MR) is 81.6 cm³/mol. The third-order valence-electron chi connectivity index (χ3n) is 3.09. The van der Waals surface area contributed by atoms with Crippen molar-refractivity contribution in [2.24, 2.45) is 11.7 Å². The molecule has 4 nitrogen and oxygen atoms in total. The van der Waals surface area contributed by atoms with Crippen molar-refractivity contribution in [2.45, 2.75) is 46.3 Å². The van der Waals surface area contributed by atoms with Crippen LogP contribution in [-0.2, 0) is 4.79 Å². The third-order valence-corrected chi connectivity index (χ3v) is 3.09. The lowest BCUT2D eigenvalue weighted by atomic mass is 10.1. The van der Waals surface area contributed by atoms with Crippen LogP contribution >= 0.6 is 0 Å². The zero-order valence-corrected chi connectivity index (χ0v) is 12.8. The fourth-order valence-corrected chi connectivity index (χ4v) is 1.76. The number of carbonyl (C=O) groups excluding carboxylic acids is 1. The van der Waals surface area contributed by atoms with Crippen molar-refractivity contribution in [3.05, 3.63) is 29.8 Å². The Kier molecular flexibility index (Phi) is 6.52. The Hall–Kier alpha value is -1.55. The zero-order valence-electron chi connectivity index (χ0n) is 12.8. The van der Waals surface area contributed by atoms with Gasteiger partial charge in [0.1, 0.15) is 5.75 Å². The van der Waals surface area contributed by atoms with E-state index in [-0.39, 0.29) is 11.9 Å². The number of amides is 1. The van der Waals surface area contributed by atoms with Crippen LogP contribution in [0.1, 0.15) is 45.7 Å². The highest BCUT2D eigenvalue weighted by Crippen LogP contribution is 2.18. The lowest BCUT2D eigenvalue weighted by Crippen LogP contribution is -2.37. The number of rotatable bonds is 7. The summed E-state index contributed by atoms with van der Waals surface area (Å²) < 4.78 is 5.66. The van der Waals surface area contributed by atoms with Crippen molar-refractivity contribution in [1.29, 1.82) is 0 Å². The molecule has 1 rings (SSSR count). The SMILES string of the molecule is CC(C)CCNC(=O)C(C)Oc1cccc([C@@H](C)N)c1. The van der Waals surface area contributed by atoms with Crippen LogP contribution in [0, 0.1) is 5.92 Å². The molecule has 0 saturated heterocycles. The van der Waals surface area contributed by atoms with Crippen molar-refractivity contribution in [1.82, 2.24) is 5.32 Å². The fourth-order valence-electron chi connectivity index (χ4n) is 1.76. The van der Waals surface area contributed by atoms with Gasteiger partial charge in [0, 0.05) is 12.6 Å². The highest BCUT2D eigenvalue weighted by molar-refractivity contribution is 5.80. The third kappa shape index (κ3) is 5.61. The standard InChI is InChI=1S/C16H26N2O2/c1-11(2)8-9-18-16(19)13(4)20-15-7-5-6-14(10-15)12(3)17/h5-7,10-13H,8-9,17H2,1-4H3,(H,18,19)/t12-,13?/m1/s1. The molecule has 3 N–H and O–H groups in total. The lowest BCUT2D eigenvalue weighted by Gasteiger charge is -2.16. The number of nitrogens with one attached hydrogen (secondary N) is 1. The van der Waals surface area contributed by atoms with Crippen LogP contribution in [0.4, 0.5) is 0 Å². The summed E-state index contributed by atoms with van der Waals surface area (Å²) in [5, 5.41) is 2.88. The molecule has 0 heterocycles. The highest BCUT2D eigenvalue weighted by atomic mass is 16.5. The molecule has 20 heavy (non-hydrogen) atoms. The molecule has 2 atom stereocenters. The van der Waals surface area contributed by atoms with Gasteiger partial charge < -0.3 is 15.8 Å². The van der Waals surface area contributed by atoms with Gasteiger partial charge in [-0.3, -0.25) is 4.79 Å². The van der Waals surface area contributed by atoms with E-state index in [1.54, 1.807) is 6.92 Å². The molecule has 0 aliphatic rings. The quantitative estimate of drug-likeness (QED) is 0.806. The maximum atomic E-state index is 11.9. The smallest absolute Gasteiger partial charge is 0.260 e. The molecule has 1 aromatic carbocycles. The molecule has 0 bridgehead atoms. The van der Waals surface area contributed by atoms with Crippen molar-refractivity contribution >= 4 is 5.91 Å². The summed E-state index contributed by atoms with van der Waals surface area (Å²) in [7, 11) is 0. The second-order valence-electron chi connectivity index (χ2n) is 5.59. The van der Waals surface area contributed by atoms with Crippen LogP contribution in [0.25, 0.3) is 0 Å². The Balaban J connectivity index is 2.50. The zero-order chi connectivity index (χ0) is 15.1. The number of carbonyl (C=O) groups is 1. The van der Waals surface area contributed by atoms with Crippen molar-refractivity contribution in [3.63, 3.8) is 0 Å². The maximum Gasteiger partial charge on any atom is 0.260 e. The van der Waals surface area contributed by atoms with Gasteiger partial charge in [-0.25, -0.2) is 0 Å². The van der Waals surface area contributed by atoms with Crippen LogP contribution in [0.3, 0.4) is 0 Å². The normalized spacial score (nSPS) is 13.9. The molecule has 0 aliphatic heterocycles. The first-order valence-corrected chi connectivity index (χ1v) is 7.20. The summed E-state index contributed by atoms with van der Waals surface area (Å²) >= 11 is 0. The van der Waals surface area contributed by atoms with E-state index >= 15 is 0 Å². The lowest BCUT2D eigenvalue weighted by molar-refractivity contribution is -0.127. The summed E-state index contributed by atoms with van der Waals surface area (Å²) in [5.41, 5.74) is 6.83. The Bertz CT molecular complexity index is 430. The van der Waals surface area contributed by atoms with Gasteiger partial charge in [0.25, 0.3) is 5.91 Å². The van der Waals surface area contributed by atoms with Crippen molar-refractivity contribution < 1.29 is 9.53 Å². The van der Waals surface area contributed by atoms with E-state index in [0.29, 0.717) is 18.2 Å². The molecule has 4 heteroatoms. The second-order valence-corrected chi connectivity index (χ2v) is 5.59. The van der Waals surface area contributed by atoms with Crippen LogP contribution in [-0.4, -0.2) is 18.6 Å². The number of hydrogen-bond acceptors (Lipinski definition) is 3. The van der Waals surface area contributed by atoms with Gasteiger partial charge in [-0.05, 0) is 43.9 Å². The molecule has 0 spiro atoms. The van der Waals surface area contributed by atoms with Gasteiger partial charge in [-0.15, -0.1) is 0 Å². The first-order chi connectivity index (χ1) is 9.40. The molecular weight excluding hydrogens is 252 g/mol. The van der Waals surface area contributed by atoms with Crippen LogP contribution in [0.2, 0.25) is 0 Å². The maximum absolute atomic E-state index is 11.9. The molecule has 0 aliphatic carbocycles. The average molecular weight is 278 g/mol. The molecule has 112 valence electrons. The molecule has 1 aromatic rings. The van der Waals surface area contributed by atoms with E-state index in [0.717, 1.165) is 12.0 Å². The molecule has 0 fully saturated rings. The summed E-state index contributed by atoms with van der Waals surface area (Å²) in [5.74, 6) is 1.16. The Morgan fingerprint density at radius 2 is 2.00 bits per heavy atom. The molecule has 1 unspecified atom stereocenters. The second kappa shape index (κ2) is 7.90. The number of hydrogen-bond donors (Lipinski definition) is 2. The first kappa shape index (κ1) is 16.5. The van der Waals surface area contributed by atoms with Gasteiger partial charge in [0.2, 0.25) is 0 Å². The van der Waals surface area contributed by atoms with Crippen LogP contribution in [0.15, 0.2) is 24.3 Å². The summed E-state index contributed by atoms with van der Waals surface area (Å²) in [4.78, 5) is 11.9. The predicted octanol–water partition coefficient (Wildman–Crippen LogP) is 2.64. The molecule has 1 amide bonds. The Morgan fingerprint density at radius 3 is 2.60 bits per heavy atom. The largest absolute Gasteiger partial charge is 0.481 e. The van der Waals surface area contributed by atoms with Crippen LogP contribution < -0.4 is 15.8 Å². The van der Waals surface area contributed by atoms with Gasteiger partial charge in [-0.1, -0.05) is 26.0 Å². The van der Waals surface area contributed by atoms with E-state index in [2.05, 4.69) is 19.2 Å². The molecule has 0 saturated carbocycles. The molecular formula is C16H26N2O2. The van der Waals surface area contributed by atoms with Gasteiger partial charge >= 0.3 is 0 Å². The number of ether oxygens (including phenoxy) is 1. The number of nitrogens with two attached hydrogens (primary N) is 1. The highest BCUT2D eigenvalue weighted by Gasteiger charge is 2.14. The fraction of sp³-hybridized carbons (Fsp3) is 0.562. The van der Waals surface area contributed by atoms with Gasteiger partial charge in [0.05, 0.1) is 0 Å². The summed E-state index contributed by atoms with van der Waals surface area (Å²) in [6.45, 7) is 8.62. The number of benzene rings is 1. The van der Waals surface area contributed by atoms with Crippen LogP contribution in [0.5, 0.6) is 5.75 Å². The minimum atomic E-state index is -0.509. The Labute approximate surface area is 121 Å². The van der Waals surface area contributed by atoms with E-state index in [1.807, 2.05) is 31.2 Å². The van der Waals surface area contributed by atoms with Gasteiger partial charge in [-0.2, -0.15) is 0 Å². The summed E-state index contributed by atoms with van der Waals surface area (Å²) in [6, 6.07) is 7.50. The van der Waals surface area contributed by atoms with Gasteiger partial charge in [0.15, 0.2) is 6.10 Å². The minimum absolute atomic E-state index is 0.0475. The van der Waals surface area contributed by atoms with E-state index < -0.39 is 6.10 Å². The van der Waals surface area contributed by atoms with E-state index in [1.165, 1.54) is 0 Å². The van der Waals surface area contributed by atoms with E-state index in [4.69, 9.17) is 10.5 Å².